The van der Waals surface area contributed by atoms with Crippen molar-refractivity contribution >= 4 is 29.0 Å². The van der Waals surface area contributed by atoms with Crippen LogP contribution in [0.5, 0.6) is 5.75 Å². The van der Waals surface area contributed by atoms with Crippen molar-refractivity contribution in [3.05, 3.63) is 29.8 Å². The van der Waals surface area contributed by atoms with Crippen molar-refractivity contribution in [2.45, 2.75) is 19.8 Å². The summed E-state index contributed by atoms with van der Waals surface area (Å²) in [5, 5.41) is 0. The van der Waals surface area contributed by atoms with Gasteiger partial charge in [-0.3, -0.25) is 0 Å². The predicted molar refractivity (Wildman–Crippen MR) is 80.0 cm³/mol. The Kier molecular flexibility index (Phi) is 7.05. The lowest BCUT2D eigenvalue weighted by molar-refractivity contribution is 0.318. The first kappa shape index (κ1) is 14.3. The molecule has 17 heavy (non-hydrogen) atoms. The normalized spacial score (nSPS) is 10.2. The maximum Gasteiger partial charge on any atom is 0.119 e. The summed E-state index contributed by atoms with van der Waals surface area (Å²) in [6.07, 6.45) is 1.75. The van der Waals surface area contributed by atoms with E-state index in [9.17, 15) is 0 Å². The molecule has 0 heterocycles. The fourth-order valence-electron chi connectivity index (χ4n) is 1.40. The number of benzene rings is 1. The van der Waals surface area contributed by atoms with Crippen molar-refractivity contribution in [1.82, 2.24) is 0 Å². The van der Waals surface area contributed by atoms with Gasteiger partial charge < -0.3 is 10.5 Å². The van der Waals surface area contributed by atoms with E-state index < -0.39 is 0 Å². The Morgan fingerprint density at radius 2 is 2.06 bits per heavy atom. The second-order valence-electron chi connectivity index (χ2n) is 3.69. The Labute approximate surface area is 113 Å². The molecule has 0 saturated heterocycles. The van der Waals surface area contributed by atoms with Crippen molar-refractivity contribution in [2.24, 2.45) is 5.73 Å². The van der Waals surface area contributed by atoms with E-state index in [4.69, 9.17) is 22.7 Å². The minimum absolute atomic E-state index is 0.523. The van der Waals surface area contributed by atoms with Crippen LogP contribution in [0.15, 0.2) is 24.3 Å². The lowest BCUT2D eigenvalue weighted by Crippen LogP contribution is -2.10. The quantitative estimate of drug-likeness (QED) is 0.581. The average molecular weight is 269 g/mol. The topological polar surface area (TPSA) is 35.2 Å². The van der Waals surface area contributed by atoms with Gasteiger partial charge in [0.2, 0.25) is 0 Å². The summed E-state index contributed by atoms with van der Waals surface area (Å²) in [6.45, 7) is 2.95. The van der Waals surface area contributed by atoms with Crippen molar-refractivity contribution in [3.8, 4) is 5.75 Å². The molecule has 0 bridgehead atoms. The lowest BCUT2D eigenvalue weighted by Gasteiger charge is -2.06. The Balaban J connectivity index is 2.28. The van der Waals surface area contributed by atoms with E-state index in [1.165, 1.54) is 5.75 Å². The molecule has 2 nitrogen and oxygen atoms in total. The van der Waals surface area contributed by atoms with Gasteiger partial charge in [0.1, 0.15) is 5.75 Å². The Morgan fingerprint density at radius 3 is 2.65 bits per heavy atom. The van der Waals surface area contributed by atoms with Crippen LogP contribution in [-0.4, -0.2) is 23.1 Å². The third kappa shape index (κ3) is 6.54. The number of rotatable bonds is 8. The molecular formula is C13H19NOS2. The summed E-state index contributed by atoms with van der Waals surface area (Å²) in [7, 11) is 0. The minimum atomic E-state index is 0.523. The maximum absolute atomic E-state index is 5.64. The molecule has 1 rings (SSSR count). The zero-order valence-electron chi connectivity index (χ0n) is 10.1. The number of hydrogen-bond donors (Lipinski definition) is 1. The zero-order chi connectivity index (χ0) is 12.5. The fourth-order valence-corrected chi connectivity index (χ4v) is 2.18. The van der Waals surface area contributed by atoms with Gasteiger partial charge >= 0.3 is 0 Å². The van der Waals surface area contributed by atoms with Crippen molar-refractivity contribution in [3.63, 3.8) is 0 Å². The lowest BCUT2D eigenvalue weighted by atomic mass is 10.1. The number of hydrogen-bond acceptors (Lipinski definition) is 3. The molecule has 0 unspecified atom stereocenters. The molecule has 0 saturated carbocycles. The van der Waals surface area contributed by atoms with Crippen LogP contribution in [0.1, 0.15) is 18.9 Å². The van der Waals surface area contributed by atoms with Gasteiger partial charge in [0.25, 0.3) is 0 Å². The van der Waals surface area contributed by atoms with E-state index in [1.54, 1.807) is 0 Å². The van der Waals surface area contributed by atoms with E-state index in [1.807, 2.05) is 36.0 Å². The van der Waals surface area contributed by atoms with Gasteiger partial charge in [-0.15, -0.1) is 0 Å². The summed E-state index contributed by atoms with van der Waals surface area (Å²) < 4.78 is 5.64. The van der Waals surface area contributed by atoms with Crippen LogP contribution in [0.2, 0.25) is 0 Å². The van der Waals surface area contributed by atoms with Crippen molar-refractivity contribution in [2.75, 3.05) is 18.1 Å². The summed E-state index contributed by atoms with van der Waals surface area (Å²) in [5.41, 5.74) is 6.62. The standard InChI is InChI=1S/C13H19NOS2/c1-2-17-9-3-8-15-12-6-4-11(5-7-12)10-13(14)16/h4-7H,2-3,8-10H2,1H3,(H2,14,16). The van der Waals surface area contributed by atoms with Gasteiger partial charge in [-0.25, -0.2) is 0 Å². The first-order chi connectivity index (χ1) is 8.22. The Morgan fingerprint density at radius 1 is 1.35 bits per heavy atom. The van der Waals surface area contributed by atoms with E-state index in [-0.39, 0.29) is 0 Å². The Hall–Kier alpha value is -0.740. The van der Waals surface area contributed by atoms with Crippen LogP contribution in [0.25, 0.3) is 0 Å². The first-order valence-corrected chi connectivity index (χ1v) is 7.36. The number of nitrogens with two attached hydrogens (primary N) is 1. The molecule has 1 aromatic rings. The Bertz CT molecular complexity index is 338. The van der Waals surface area contributed by atoms with Crippen LogP contribution >= 0.6 is 24.0 Å². The maximum atomic E-state index is 5.64. The van der Waals surface area contributed by atoms with Gasteiger partial charge in [-0.2, -0.15) is 11.8 Å². The number of thiocarbonyl (C=S) groups is 1. The summed E-state index contributed by atoms with van der Waals surface area (Å²) in [5.74, 6) is 3.25. The van der Waals surface area contributed by atoms with Crippen molar-refractivity contribution < 1.29 is 4.74 Å². The second kappa shape index (κ2) is 8.37. The van der Waals surface area contributed by atoms with E-state index in [0.29, 0.717) is 11.4 Å². The van der Waals surface area contributed by atoms with E-state index >= 15 is 0 Å². The molecule has 2 N–H and O–H groups in total. The molecule has 0 aromatic heterocycles. The third-order valence-corrected chi connectivity index (χ3v) is 3.34. The van der Waals surface area contributed by atoms with E-state index in [2.05, 4.69) is 6.92 Å². The first-order valence-electron chi connectivity index (χ1n) is 5.80. The second-order valence-corrected chi connectivity index (χ2v) is 5.60. The van der Waals surface area contributed by atoms with Crippen LogP contribution in [0.3, 0.4) is 0 Å². The fraction of sp³-hybridized carbons (Fsp3) is 0.462. The van der Waals surface area contributed by atoms with Gasteiger partial charge in [-0.05, 0) is 35.6 Å². The zero-order valence-corrected chi connectivity index (χ0v) is 11.8. The summed E-state index contributed by atoms with van der Waals surface area (Å²) in [4.78, 5) is 0.523. The summed E-state index contributed by atoms with van der Waals surface area (Å²) in [6, 6.07) is 7.96. The molecule has 0 aliphatic carbocycles. The largest absolute Gasteiger partial charge is 0.494 e. The van der Waals surface area contributed by atoms with Crippen LogP contribution in [0, 0.1) is 0 Å². The smallest absolute Gasteiger partial charge is 0.119 e. The molecule has 94 valence electrons. The highest BCUT2D eigenvalue weighted by Crippen LogP contribution is 2.13. The molecule has 0 amide bonds. The summed E-state index contributed by atoms with van der Waals surface area (Å²) >= 11 is 6.81. The molecule has 0 spiro atoms. The molecule has 0 fully saturated rings. The van der Waals surface area contributed by atoms with Crippen LogP contribution < -0.4 is 10.5 Å². The SMILES string of the molecule is CCSCCCOc1ccc(CC(N)=S)cc1. The predicted octanol–water partition coefficient (Wildman–Crippen LogP) is 3.04. The average Bonchev–Trinajstić information content (AvgIpc) is 2.30. The van der Waals surface area contributed by atoms with Gasteiger partial charge in [-0.1, -0.05) is 31.3 Å². The van der Waals surface area contributed by atoms with Gasteiger partial charge in [0.05, 0.1) is 11.6 Å². The van der Waals surface area contributed by atoms with Gasteiger partial charge in [0, 0.05) is 6.42 Å². The molecular weight excluding hydrogens is 250 g/mol. The molecule has 0 atom stereocenters. The van der Waals surface area contributed by atoms with Gasteiger partial charge in [0.15, 0.2) is 0 Å². The molecule has 0 radical (unpaired) electrons. The van der Waals surface area contributed by atoms with E-state index in [0.717, 1.165) is 30.1 Å². The van der Waals surface area contributed by atoms with Crippen LogP contribution in [-0.2, 0) is 6.42 Å². The highest BCUT2D eigenvalue weighted by molar-refractivity contribution is 7.99. The molecule has 0 aliphatic heterocycles. The molecule has 1 aromatic carbocycles. The number of ether oxygens (including phenoxy) is 1. The highest BCUT2D eigenvalue weighted by Gasteiger charge is 1.97. The number of thioether (sulfide) groups is 1. The minimum Gasteiger partial charge on any atom is -0.494 e. The molecule has 0 aliphatic rings. The molecule has 4 heteroatoms. The third-order valence-electron chi connectivity index (χ3n) is 2.21. The monoisotopic (exact) mass is 269 g/mol. The van der Waals surface area contributed by atoms with Crippen LogP contribution in [0.4, 0.5) is 0 Å². The van der Waals surface area contributed by atoms with Crippen molar-refractivity contribution in [1.29, 1.82) is 0 Å². The highest BCUT2D eigenvalue weighted by atomic mass is 32.2.